The molecule has 1 N–H and O–H groups in total. The van der Waals surface area contributed by atoms with Crippen molar-refractivity contribution in [3.63, 3.8) is 0 Å². The van der Waals surface area contributed by atoms with E-state index in [1.54, 1.807) is 43.4 Å². The number of alkyl halides is 3. The summed E-state index contributed by atoms with van der Waals surface area (Å²) in [5.74, 6) is 0.183. The van der Waals surface area contributed by atoms with Crippen LogP contribution in [0.2, 0.25) is 0 Å². The topological polar surface area (TPSA) is 21.3 Å². The monoisotopic (exact) mass is 281 g/mol. The predicted octanol–water partition coefficient (Wildman–Crippen LogP) is 4.22. The summed E-state index contributed by atoms with van der Waals surface area (Å²) in [7, 11) is 1.68. The van der Waals surface area contributed by atoms with Crippen LogP contribution in [0.1, 0.15) is 11.1 Å². The molecule has 0 bridgehead atoms. The van der Waals surface area contributed by atoms with E-state index < -0.39 is 11.7 Å². The van der Waals surface area contributed by atoms with Gasteiger partial charge in [0.15, 0.2) is 0 Å². The van der Waals surface area contributed by atoms with E-state index in [0.717, 1.165) is 6.07 Å². The molecule has 106 valence electrons. The van der Waals surface area contributed by atoms with Gasteiger partial charge in [-0.05, 0) is 36.9 Å². The molecule has 0 atom stereocenters. The van der Waals surface area contributed by atoms with Crippen molar-refractivity contribution >= 4 is 0 Å². The van der Waals surface area contributed by atoms with Crippen molar-refractivity contribution in [2.24, 2.45) is 0 Å². The number of para-hydroxylation sites is 1. The van der Waals surface area contributed by atoms with Gasteiger partial charge in [-0.3, -0.25) is 0 Å². The standard InChI is InChI=1S/C15H14F3NO/c1-19-10-11-7-8-14(13(9-11)15(16,17)18)20-12-5-3-2-4-6-12/h2-9,19H,10H2,1H3. The first-order chi connectivity index (χ1) is 9.50. The van der Waals surface area contributed by atoms with Crippen molar-refractivity contribution in [3.05, 3.63) is 59.7 Å². The molecule has 0 heterocycles. The Morgan fingerprint density at radius 1 is 1.05 bits per heavy atom. The second-order valence-electron chi connectivity index (χ2n) is 4.27. The van der Waals surface area contributed by atoms with Crippen molar-refractivity contribution in [2.75, 3.05) is 7.05 Å². The van der Waals surface area contributed by atoms with Crippen molar-refractivity contribution in [2.45, 2.75) is 12.7 Å². The molecule has 0 radical (unpaired) electrons. The van der Waals surface area contributed by atoms with E-state index in [2.05, 4.69) is 5.32 Å². The molecule has 0 fully saturated rings. The van der Waals surface area contributed by atoms with Gasteiger partial charge in [0.2, 0.25) is 0 Å². The molecule has 0 aliphatic carbocycles. The molecule has 0 amide bonds. The first-order valence-electron chi connectivity index (χ1n) is 6.08. The third-order valence-corrected chi connectivity index (χ3v) is 2.70. The Bertz CT molecular complexity index is 567. The Morgan fingerprint density at radius 3 is 2.35 bits per heavy atom. The fourth-order valence-electron chi connectivity index (χ4n) is 1.82. The van der Waals surface area contributed by atoms with Gasteiger partial charge in [0, 0.05) is 6.54 Å². The maximum atomic E-state index is 13.1. The summed E-state index contributed by atoms with van der Waals surface area (Å²) in [6.07, 6.45) is -4.45. The number of nitrogens with one attached hydrogen (secondary N) is 1. The Hall–Kier alpha value is -2.01. The van der Waals surface area contributed by atoms with E-state index in [-0.39, 0.29) is 5.75 Å². The van der Waals surface area contributed by atoms with Crippen molar-refractivity contribution < 1.29 is 17.9 Å². The molecule has 5 heteroatoms. The highest BCUT2D eigenvalue weighted by molar-refractivity contribution is 5.42. The Morgan fingerprint density at radius 2 is 1.75 bits per heavy atom. The van der Waals surface area contributed by atoms with Crippen LogP contribution in [0.5, 0.6) is 11.5 Å². The van der Waals surface area contributed by atoms with Gasteiger partial charge in [0.25, 0.3) is 0 Å². The molecule has 2 aromatic carbocycles. The number of ether oxygens (including phenoxy) is 1. The van der Waals surface area contributed by atoms with E-state index in [4.69, 9.17) is 4.74 Å². The summed E-state index contributed by atoms with van der Waals surface area (Å²) in [4.78, 5) is 0. The predicted molar refractivity (Wildman–Crippen MR) is 70.7 cm³/mol. The van der Waals surface area contributed by atoms with Crippen LogP contribution in [0.15, 0.2) is 48.5 Å². The maximum Gasteiger partial charge on any atom is 0.419 e. The SMILES string of the molecule is CNCc1ccc(Oc2ccccc2)c(C(F)(F)F)c1. The van der Waals surface area contributed by atoms with Crippen LogP contribution in [0.3, 0.4) is 0 Å². The third kappa shape index (κ3) is 3.51. The summed E-state index contributed by atoms with van der Waals surface area (Å²) in [6.45, 7) is 0.370. The number of rotatable bonds is 4. The zero-order valence-electron chi connectivity index (χ0n) is 10.9. The molecule has 2 nitrogen and oxygen atoms in total. The van der Waals surface area contributed by atoms with Gasteiger partial charge in [-0.15, -0.1) is 0 Å². The first-order valence-corrected chi connectivity index (χ1v) is 6.08. The van der Waals surface area contributed by atoms with Crippen LogP contribution in [0.4, 0.5) is 13.2 Å². The highest BCUT2D eigenvalue weighted by Gasteiger charge is 2.34. The Labute approximate surface area is 115 Å². The van der Waals surface area contributed by atoms with E-state index in [1.807, 2.05) is 0 Å². The molecular formula is C15H14F3NO. The van der Waals surface area contributed by atoms with Crippen LogP contribution in [-0.4, -0.2) is 7.05 Å². The zero-order valence-corrected chi connectivity index (χ0v) is 10.9. The second-order valence-corrected chi connectivity index (χ2v) is 4.27. The van der Waals surface area contributed by atoms with Crippen LogP contribution < -0.4 is 10.1 Å². The lowest BCUT2D eigenvalue weighted by Crippen LogP contribution is -2.10. The minimum atomic E-state index is -4.45. The van der Waals surface area contributed by atoms with Crippen LogP contribution in [-0.2, 0) is 12.7 Å². The maximum absolute atomic E-state index is 13.1. The van der Waals surface area contributed by atoms with Crippen LogP contribution >= 0.6 is 0 Å². The minimum Gasteiger partial charge on any atom is -0.457 e. The number of hydrogen-bond donors (Lipinski definition) is 1. The van der Waals surface area contributed by atoms with Gasteiger partial charge in [0.1, 0.15) is 11.5 Å². The summed E-state index contributed by atoms with van der Waals surface area (Å²) < 4.78 is 44.5. The van der Waals surface area contributed by atoms with Gasteiger partial charge in [-0.2, -0.15) is 13.2 Å². The van der Waals surface area contributed by atoms with Crippen molar-refractivity contribution in [1.29, 1.82) is 0 Å². The largest absolute Gasteiger partial charge is 0.457 e. The highest BCUT2D eigenvalue weighted by Crippen LogP contribution is 2.38. The fraction of sp³-hybridized carbons (Fsp3) is 0.200. The fourth-order valence-corrected chi connectivity index (χ4v) is 1.82. The molecule has 0 aliphatic heterocycles. The van der Waals surface area contributed by atoms with Crippen LogP contribution in [0.25, 0.3) is 0 Å². The molecule has 2 aromatic rings. The summed E-state index contributed by atoms with van der Waals surface area (Å²) in [6, 6.07) is 12.5. The normalized spacial score (nSPS) is 11.4. The van der Waals surface area contributed by atoms with Gasteiger partial charge >= 0.3 is 6.18 Å². The van der Waals surface area contributed by atoms with Crippen LogP contribution in [0, 0.1) is 0 Å². The lowest BCUT2D eigenvalue weighted by molar-refractivity contribution is -0.138. The third-order valence-electron chi connectivity index (χ3n) is 2.70. The minimum absolute atomic E-state index is 0.191. The van der Waals surface area contributed by atoms with E-state index in [0.29, 0.717) is 17.9 Å². The molecule has 0 saturated heterocycles. The first kappa shape index (κ1) is 14.4. The lowest BCUT2D eigenvalue weighted by Gasteiger charge is -2.15. The smallest absolute Gasteiger partial charge is 0.419 e. The second kappa shape index (κ2) is 5.96. The molecular weight excluding hydrogens is 267 g/mol. The zero-order chi connectivity index (χ0) is 14.6. The van der Waals surface area contributed by atoms with Crippen molar-refractivity contribution in [3.8, 4) is 11.5 Å². The average Bonchev–Trinajstić information content (AvgIpc) is 2.41. The van der Waals surface area contributed by atoms with Crippen molar-refractivity contribution in [1.82, 2.24) is 5.32 Å². The van der Waals surface area contributed by atoms with Gasteiger partial charge in [-0.25, -0.2) is 0 Å². The van der Waals surface area contributed by atoms with Gasteiger partial charge in [0.05, 0.1) is 5.56 Å². The summed E-state index contributed by atoms with van der Waals surface area (Å²) >= 11 is 0. The highest BCUT2D eigenvalue weighted by atomic mass is 19.4. The van der Waals surface area contributed by atoms with E-state index in [9.17, 15) is 13.2 Å². The molecule has 20 heavy (non-hydrogen) atoms. The number of benzene rings is 2. The number of halogens is 3. The molecule has 0 saturated carbocycles. The molecule has 0 aromatic heterocycles. The number of hydrogen-bond acceptors (Lipinski definition) is 2. The van der Waals surface area contributed by atoms with Gasteiger partial charge in [-0.1, -0.05) is 24.3 Å². The Balaban J connectivity index is 2.37. The molecule has 0 spiro atoms. The van der Waals surface area contributed by atoms with E-state index >= 15 is 0 Å². The van der Waals surface area contributed by atoms with Gasteiger partial charge < -0.3 is 10.1 Å². The quantitative estimate of drug-likeness (QED) is 0.906. The Kier molecular flexibility index (Phi) is 4.29. The lowest BCUT2D eigenvalue weighted by atomic mass is 10.1. The summed E-state index contributed by atoms with van der Waals surface area (Å²) in [5, 5.41) is 2.82. The molecule has 0 aliphatic rings. The molecule has 0 unspecified atom stereocenters. The molecule has 2 rings (SSSR count). The average molecular weight is 281 g/mol. The summed E-state index contributed by atoms with van der Waals surface area (Å²) in [5.41, 5.74) is -0.214. The van der Waals surface area contributed by atoms with E-state index in [1.165, 1.54) is 6.07 Å².